The predicted octanol–water partition coefficient (Wildman–Crippen LogP) is -2.58. The van der Waals surface area contributed by atoms with Gasteiger partial charge in [-0.25, -0.2) is 0 Å². The minimum Gasteiger partial charge on any atom is -0.852 e. The fourth-order valence-corrected chi connectivity index (χ4v) is 0.668. The number of hydrogen-bond donors (Lipinski definition) is 1. The van der Waals surface area contributed by atoms with E-state index in [4.69, 9.17) is 0 Å². The van der Waals surface area contributed by atoms with E-state index in [2.05, 4.69) is 24.5 Å². The molecule has 0 saturated heterocycles. The normalized spacial score (nSPS) is 8.10. The third-order valence-corrected chi connectivity index (χ3v) is 1.19. The Kier molecular flexibility index (Phi) is 12.9. The fourth-order valence-electron chi connectivity index (χ4n) is 0.565. The summed E-state index contributed by atoms with van der Waals surface area (Å²) < 4.78 is 0. The first-order valence-electron chi connectivity index (χ1n) is 3.22. The van der Waals surface area contributed by atoms with Gasteiger partial charge in [-0.15, -0.1) is 0 Å². The summed E-state index contributed by atoms with van der Waals surface area (Å²) in [5.74, 6) is 0. The molecule has 0 atom stereocenters. The van der Waals surface area contributed by atoms with Crippen LogP contribution in [-0.2, 0) is 0 Å². The van der Waals surface area contributed by atoms with Crippen LogP contribution < -0.4 is 40.0 Å². The number of hydrogen-bond acceptors (Lipinski definition) is 2. The molecule has 2 nitrogen and oxygen atoms in total. The molecule has 0 radical (unpaired) electrons. The second-order valence-electron chi connectivity index (χ2n) is 1.92. The molecule has 0 heterocycles. The van der Waals surface area contributed by atoms with E-state index in [0.717, 1.165) is 19.4 Å². The minimum atomic E-state index is -0.342. The maximum Gasteiger partial charge on any atom is 1.00 e. The molecule has 0 unspecified atom stereocenters. The quantitative estimate of drug-likeness (QED) is 0.285. The van der Waals surface area contributed by atoms with Crippen LogP contribution in [0.15, 0.2) is 0 Å². The van der Waals surface area contributed by atoms with E-state index in [1.54, 1.807) is 0 Å². The molecule has 0 fully saturated rings. The molecule has 1 N–H and O–H groups in total. The fraction of sp³-hybridized carbons (Fsp3) is 0.833. The van der Waals surface area contributed by atoms with E-state index in [-0.39, 0.29) is 34.7 Å². The smallest absolute Gasteiger partial charge is 0.852 e. The zero-order valence-electron chi connectivity index (χ0n) is 6.64. The van der Waals surface area contributed by atoms with E-state index >= 15 is 0 Å². The van der Waals surface area contributed by atoms with Crippen LogP contribution >= 0.6 is 12.2 Å². The average molecular weight is 169 g/mol. The molecular weight excluding hydrogens is 157 g/mol. The van der Waals surface area contributed by atoms with Crippen molar-refractivity contribution in [1.29, 1.82) is 0 Å². The SMILES string of the molecule is CCCCCNC([O-])=S.[Na+]. The summed E-state index contributed by atoms with van der Waals surface area (Å²) in [6.07, 6.45) is 3.38. The van der Waals surface area contributed by atoms with Crippen LogP contribution in [0.3, 0.4) is 0 Å². The molecular formula is C6H12NNaOS. The number of unbranched alkanes of at least 4 members (excludes halogenated alkanes) is 2. The molecule has 0 aromatic carbocycles. The van der Waals surface area contributed by atoms with Gasteiger partial charge in [0.2, 0.25) is 0 Å². The summed E-state index contributed by atoms with van der Waals surface area (Å²) in [6, 6.07) is 0. The van der Waals surface area contributed by atoms with Crippen LogP contribution in [0.4, 0.5) is 0 Å². The van der Waals surface area contributed by atoms with Gasteiger partial charge in [-0.1, -0.05) is 32.0 Å². The number of thiocarbonyl (C=S) groups is 1. The number of rotatable bonds is 4. The molecule has 0 aromatic heterocycles. The van der Waals surface area contributed by atoms with Gasteiger partial charge in [0.15, 0.2) is 0 Å². The maximum absolute atomic E-state index is 10.1. The Balaban J connectivity index is 0. The Morgan fingerprint density at radius 1 is 1.50 bits per heavy atom. The molecule has 0 aromatic rings. The van der Waals surface area contributed by atoms with Crippen LogP contribution in [0.2, 0.25) is 0 Å². The first kappa shape index (κ1) is 13.3. The van der Waals surface area contributed by atoms with Crippen molar-refractivity contribution in [2.45, 2.75) is 26.2 Å². The van der Waals surface area contributed by atoms with Crippen LogP contribution in [0.1, 0.15) is 26.2 Å². The molecule has 0 aliphatic carbocycles. The van der Waals surface area contributed by atoms with Crippen molar-refractivity contribution < 1.29 is 34.7 Å². The van der Waals surface area contributed by atoms with Gasteiger partial charge in [-0.05, 0) is 6.42 Å². The third-order valence-electron chi connectivity index (χ3n) is 1.05. The van der Waals surface area contributed by atoms with Crippen molar-refractivity contribution in [3.8, 4) is 0 Å². The maximum atomic E-state index is 10.1. The first-order valence-corrected chi connectivity index (χ1v) is 3.63. The van der Waals surface area contributed by atoms with E-state index in [9.17, 15) is 5.11 Å². The largest absolute Gasteiger partial charge is 1.00 e. The van der Waals surface area contributed by atoms with Crippen LogP contribution in [-0.4, -0.2) is 11.7 Å². The second kappa shape index (κ2) is 9.69. The Morgan fingerprint density at radius 2 is 2.10 bits per heavy atom. The van der Waals surface area contributed by atoms with Crippen molar-refractivity contribution >= 4 is 17.4 Å². The summed E-state index contributed by atoms with van der Waals surface area (Å²) in [7, 11) is 0. The van der Waals surface area contributed by atoms with E-state index in [1.807, 2.05) is 0 Å². The summed E-state index contributed by atoms with van der Waals surface area (Å²) in [5.41, 5.74) is 0. The third kappa shape index (κ3) is 11.5. The van der Waals surface area contributed by atoms with Crippen LogP contribution in [0.25, 0.3) is 0 Å². The van der Waals surface area contributed by atoms with Crippen molar-refractivity contribution in [2.75, 3.05) is 6.54 Å². The van der Waals surface area contributed by atoms with Gasteiger partial charge < -0.3 is 10.4 Å². The zero-order chi connectivity index (χ0) is 7.11. The minimum absolute atomic E-state index is 0. The Hall–Kier alpha value is 0.690. The van der Waals surface area contributed by atoms with Gasteiger partial charge in [-0.2, -0.15) is 0 Å². The molecule has 10 heavy (non-hydrogen) atoms. The van der Waals surface area contributed by atoms with Crippen LogP contribution in [0, 0.1) is 0 Å². The molecule has 0 aliphatic heterocycles. The van der Waals surface area contributed by atoms with Crippen molar-refractivity contribution in [3.63, 3.8) is 0 Å². The second-order valence-corrected chi connectivity index (χ2v) is 2.29. The van der Waals surface area contributed by atoms with Crippen molar-refractivity contribution in [3.05, 3.63) is 0 Å². The standard InChI is InChI=1S/C6H13NOS.Na/c1-2-3-4-5-7-6(8)9;/h2-5H2,1H3,(H2,7,8,9);/q;+1/p-1. The molecule has 0 aliphatic rings. The Morgan fingerprint density at radius 3 is 2.50 bits per heavy atom. The summed E-state index contributed by atoms with van der Waals surface area (Å²) in [6.45, 7) is 2.85. The molecule has 0 amide bonds. The van der Waals surface area contributed by atoms with Gasteiger partial charge in [0.1, 0.15) is 0 Å². The van der Waals surface area contributed by atoms with Gasteiger partial charge in [0.05, 0.1) is 0 Å². The van der Waals surface area contributed by atoms with Gasteiger partial charge in [-0.3, -0.25) is 0 Å². The summed E-state index contributed by atoms with van der Waals surface area (Å²) >= 11 is 4.28. The van der Waals surface area contributed by atoms with E-state index < -0.39 is 0 Å². The van der Waals surface area contributed by atoms with Gasteiger partial charge >= 0.3 is 29.6 Å². The molecule has 54 valence electrons. The van der Waals surface area contributed by atoms with E-state index in [1.165, 1.54) is 6.42 Å². The molecule has 0 spiro atoms. The average Bonchev–Trinajstić information content (AvgIpc) is 1.80. The molecule has 0 bridgehead atoms. The van der Waals surface area contributed by atoms with Gasteiger partial charge in [0, 0.05) is 11.7 Å². The monoisotopic (exact) mass is 169 g/mol. The molecule has 4 heteroatoms. The Labute approximate surface area is 89.7 Å². The predicted molar refractivity (Wildman–Crippen MR) is 40.1 cm³/mol. The zero-order valence-corrected chi connectivity index (χ0v) is 9.46. The topological polar surface area (TPSA) is 35.1 Å². The summed E-state index contributed by atoms with van der Waals surface area (Å²) in [5, 5.41) is 12.3. The molecule has 0 rings (SSSR count). The molecule has 0 saturated carbocycles. The first-order chi connectivity index (χ1) is 4.27. The summed E-state index contributed by atoms with van der Waals surface area (Å²) in [4.78, 5) is 0. The van der Waals surface area contributed by atoms with Crippen LogP contribution in [0.5, 0.6) is 0 Å². The van der Waals surface area contributed by atoms with Crippen molar-refractivity contribution in [2.24, 2.45) is 0 Å². The van der Waals surface area contributed by atoms with E-state index in [0.29, 0.717) is 0 Å². The van der Waals surface area contributed by atoms with Gasteiger partial charge in [0.25, 0.3) is 0 Å². The Bertz CT molecular complexity index is 89.8. The number of nitrogens with one attached hydrogen (secondary N) is 1. The van der Waals surface area contributed by atoms with Crippen molar-refractivity contribution in [1.82, 2.24) is 5.32 Å².